The Kier molecular flexibility index (Phi) is 5.77. The highest BCUT2D eigenvalue weighted by atomic mass is 16.5. The molecule has 1 fully saturated rings. The van der Waals surface area contributed by atoms with Crippen molar-refractivity contribution in [3.63, 3.8) is 0 Å². The fourth-order valence-corrected chi connectivity index (χ4v) is 3.24. The first kappa shape index (κ1) is 17.0. The lowest BCUT2D eigenvalue weighted by Gasteiger charge is -2.40. The van der Waals surface area contributed by atoms with E-state index in [1.807, 2.05) is 6.07 Å². The van der Waals surface area contributed by atoms with Crippen LogP contribution >= 0.6 is 0 Å². The third kappa shape index (κ3) is 3.35. The Morgan fingerprint density at radius 3 is 2.33 bits per heavy atom. The summed E-state index contributed by atoms with van der Waals surface area (Å²) < 4.78 is 5.00. The topological polar surface area (TPSA) is 113 Å². The van der Waals surface area contributed by atoms with Crippen molar-refractivity contribution >= 4 is 11.9 Å². The number of aliphatic hydroxyl groups is 1. The molecule has 0 aliphatic heterocycles. The minimum atomic E-state index is -1.15. The molecular formula is C15H22N2O4. The number of amides is 1. The van der Waals surface area contributed by atoms with Crippen molar-refractivity contribution < 1.29 is 19.4 Å². The van der Waals surface area contributed by atoms with E-state index in [1.54, 1.807) is 6.92 Å². The van der Waals surface area contributed by atoms with Gasteiger partial charge in [0.1, 0.15) is 11.7 Å². The molecule has 1 unspecified atom stereocenters. The van der Waals surface area contributed by atoms with E-state index >= 15 is 0 Å². The van der Waals surface area contributed by atoms with E-state index in [4.69, 9.17) is 10.5 Å². The number of nitriles is 1. The molecule has 3 N–H and O–H groups in total. The van der Waals surface area contributed by atoms with Crippen LogP contribution in [0.15, 0.2) is 11.3 Å². The zero-order valence-corrected chi connectivity index (χ0v) is 12.5. The van der Waals surface area contributed by atoms with Crippen LogP contribution in [0.4, 0.5) is 0 Å². The second-order valence-electron chi connectivity index (χ2n) is 5.36. The van der Waals surface area contributed by atoms with Gasteiger partial charge in [-0.2, -0.15) is 5.26 Å². The van der Waals surface area contributed by atoms with E-state index in [0.29, 0.717) is 12.8 Å². The number of ether oxygens (including phenoxy) is 1. The van der Waals surface area contributed by atoms with E-state index in [1.165, 1.54) is 6.92 Å². The Bertz CT molecular complexity index is 480. The number of esters is 1. The van der Waals surface area contributed by atoms with Crippen LogP contribution in [-0.2, 0) is 14.3 Å². The summed E-state index contributed by atoms with van der Waals surface area (Å²) in [7, 11) is 0. The number of hydrogen-bond donors (Lipinski definition) is 2. The average molecular weight is 294 g/mol. The van der Waals surface area contributed by atoms with Gasteiger partial charge >= 0.3 is 5.97 Å². The molecule has 1 amide bonds. The summed E-state index contributed by atoms with van der Waals surface area (Å²) in [6.07, 6.45) is 3.41. The predicted octanol–water partition coefficient (Wildman–Crippen LogP) is 1.96. The SMILES string of the molecule is CCOC(=O)/C(=C(\C)O)C1(C(C#N)C(N)=O)CCCCC1. The molecule has 0 spiro atoms. The van der Waals surface area contributed by atoms with Gasteiger partial charge in [0.2, 0.25) is 5.91 Å². The number of nitrogens with two attached hydrogens (primary N) is 1. The number of carbonyl (C=O) groups excluding carboxylic acids is 2. The molecule has 0 radical (unpaired) electrons. The average Bonchev–Trinajstić information content (AvgIpc) is 2.39. The summed E-state index contributed by atoms with van der Waals surface area (Å²) in [5.74, 6) is -2.82. The molecule has 1 atom stereocenters. The molecular weight excluding hydrogens is 272 g/mol. The van der Waals surface area contributed by atoms with E-state index in [0.717, 1.165) is 19.3 Å². The Balaban J connectivity index is 3.41. The normalized spacial score (nSPS) is 19.9. The number of hydrogen-bond acceptors (Lipinski definition) is 5. The summed E-state index contributed by atoms with van der Waals surface area (Å²) >= 11 is 0. The Morgan fingerprint density at radius 2 is 1.95 bits per heavy atom. The van der Waals surface area contributed by atoms with Crippen molar-refractivity contribution in [2.24, 2.45) is 17.1 Å². The van der Waals surface area contributed by atoms with Gasteiger partial charge in [0.05, 0.1) is 18.2 Å². The molecule has 6 nitrogen and oxygen atoms in total. The van der Waals surface area contributed by atoms with Crippen molar-refractivity contribution in [3.8, 4) is 6.07 Å². The highest BCUT2D eigenvalue weighted by Gasteiger charge is 2.50. The summed E-state index contributed by atoms with van der Waals surface area (Å²) in [6, 6.07) is 1.92. The second kappa shape index (κ2) is 7.11. The zero-order valence-electron chi connectivity index (χ0n) is 12.5. The van der Waals surface area contributed by atoms with Gasteiger partial charge in [-0.05, 0) is 26.7 Å². The molecule has 0 aromatic rings. The van der Waals surface area contributed by atoms with Gasteiger partial charge in [-0.1, -0.05) is 19.3 Å². The fourth-order valence-electron chi connectivity index (χ4n) is 3.24. The molecule has 6 heteroatoms. The van der Waals surface area contributed by atoms with Gasteiger partial charge in [-0.25, -0.2) is 4.79 Å². The van der Waals surface area contributed by atoms with Crippen LogP contribution < -0.4 is 5.73 Å². The minimum absolute atomic E-state index is 0.0226. The third-order valence-corrected chi connectivity index (χ3v) is 4.05. The van der Waals surface area contributed by atoms with Crippen LogP contribution in [0.25, 0.3) is 0 Å². The molecule has 0 heterocycles. The van der Waals surface area contributed by atoms with E-state index < -0.39 is 23.2 Å². The van der Waals surface area contributed by atoms with Crippen LogP contribution in [-0.4, -0.2) is 23.6 Å². The van der Waals surface area contributed by atoms with Crippen molar-refractivity contribution in [2.45, 2.75) is 46.0 Å². The molecule has 0 bridgehead atoms. The van der Waals surface area contributed by atoms with E-state index in [9.17, 15) is 20.0 Å². The van der Waals surface area contributed by atoms with E-state index in [-0.39, 0.29) is 17.9 Å². The van der Waals surface area contributed by atoms with Gasteiger partial charge in [0.15, 0.2) is 0 Å². The van der Waals surface area contributed by atoms with Gasteiger partial charge in [-0.3, -0.25) is 4.79 Å². The molecule has 0 aromatic carbocycles. The van der Waals surface area contributed by atoms with Gasteiger partial charge in [-0.15, -0.1) is 0 Å². The lowest BCUT2D eigenvalue weighted by atomic mass is 9.61. The van der Waals surface area contributed by atoms with Crippen LogP contribution in [0.1, 0.15) is 46.0 Å². The quantitative estimate of drug-likeness (QED) is 0.457. The molecule has 1 aliphatic carbocycles. The second-order valence-corrected chi connectivity index (χ2v) is 5.36. The number of allylic oxidation sites excluding steroid dienone is 1. The minimum Gasteiger partial charge on any atom is -0.512 e. The standard InChI is InChI=1S/C15H22N2O4/c1-3-21-14(20)12(10(2)18)15(7-5-4-6-8-15)11(9-16)13(17)19/h11,18H,3-8H2,1-2H3,(H2,17,19)/b12-10-. The maximum absolute atomic E-state index is 12.2. The number of aliphatic hydroxyl groups excluding tert-OH is 1. The Labute approximate surface area is 124 Å². The largest absolute Gasteiger partial charge is 0.512 e. The van der Waals surface area contributed by atoms with Crippen LogP contribution in [0, 0.1) is 22.7 Å². The van der Waals surface area contributed by atoms with Crippen LogP contribution in [0.5, 0.6) is 0 Å². The number of rotatable bonds is 5. The molecule has 1 rings (SSSR count). The molecule has 116 valence electrons. The lowest BCUT2D eigenvalue weighted by Crippen LogP contribution is -2.44. The van der Waals surface area contributed by atoms with Crippen molar-refractivity contribution in [3.05, 3.63) is 11.3 Å². The van der Waals surface area contributed by atoms with Crippen LogP contribution in [0.2, 0.25) is 0 Å². The summed E-state index contributed by atoms with van der Waals surface area (Å²) in [4.78, 5) is 23.9. The number of primary amides is 1. The van der Waals surface area contributed by atoms with E-state index in [2.05, 4.69) is 0 Å². The van der Waals surface area contributed by atoms with Gasteiger partial charge < -0.3 is 15.6 Å². The Hall–Kier alpha value is -2.03. The number of nitrogens with zero attached hydrogens (tertiary/aromatic N) is 1. The fraction of sp³-hybridized carbons (Fsp3) is 0.667. The van der Waals surface area contributed by atoms with Crippen LogP contribution in [0.3, 0.4) is 0 Å². The summed E-state index contributed by atoms with van der Waals surface area (Å²) in [5, 5.41) is 19.3. The highest BCUT2D eigenvalue weighted by Crippen LogP contribution is 2.49. The van der Waals surface area contributed by atoms with Crippen molar-refractivity contribution in [1.29, 1.82) is 5.26 Å². The first-order valence-corrected chi connectivity index (χ1v) is 7.17. The summed E-state index contributed by atoms with van der Waals surface area (Å²) in [5.41, 5.74) is 4.33. The Morgan fingerprint density at radius 1 is 1.38 bits per heavy atom. The first-order valence-electron chi connectivity index (χ1n) is 7.17. The third-order valence-electron chi connectivity index (χ3n) is 4.05. The zero-order chi connectivity index (χ0) is 16.0. The van der Waals surface area contributed by atoms with Gasteiger partial charge in [0.25, 0.3) is 0 Å². The molecule has 0 saturated heterocycles. The molecule has 1 aliphatic rings. The smallest absolute Gasteiger partial charge is 0.338 e. The summed E-state index contributed by atoms with van der Waals surface area (Å²) in [6.45, 7) is 3.18. The van der Waals surface area contributed by atoms with Crippen molar-refractivity contribution in [1.82, 2.24) is 0 Å². The maximum Gasteiger partial charge on any atom is 0.338 e. The maximum atomic E-state index is 12.2. The monoisotopic (exact) mass is 294 g/mol. The molecule has 21 heavy (non-hydrogen) atoms. The predicted molar refractivity (Wildman–Crippen MR) is 75.8 cm³/mol. The van der Waals surface area contributed by atoms with Crippen molar-refractivity contribution in [2.75, 3.05) is 6.61 Å². The lowest BCUT2D eigenvalue weighted by molar-refractivity contribution is -0.141. The highest BCUT2D eigenvalue weighted by molar-refractivity contribution is 5.93. The molecule has 0 aromatic heterocycles. The first-order chi connectivity index (χ1) is 9.90. The number of carbonyl (C=O) groups is 2. The van der Waals surface area contributed by atoms with Gasteiger partial charge in [0, 0.05) is 5.41 Å². The molecule has 1 saturated carbocycles.